The Labute approximate surface area is 162 Å². The molecule has 0 saturated carbocycles. The van der Waals surface area contributed by atoms with Crippen LogP contribution in [0.4, 0.5) is 5.69 Å². The molecule has 0 saturated heterocycles. The summed E-state index contributed by atoms with van der Waals surface area (Å²) in [4.78, 5) is 14.8. The fourth-order valence-electron chi connectivity index (χ4n) is 3.03. The van der Waals surface area contributed by atoms with Crippen LogP contribution in [0.5, 0.6) is 5.75 Å². The van der Waals surface area contributed by atoms with Crippen molar-refractivity contribution < 1.29 is 9.90 Å². The van der Waals surface area contributed by atoms with Crippen LogP contribution in [0.3, 0.4) is 0 Å². The van der Waals surface area contributed by atoms with Crippen molar-refractivity contribution in [2.45, 2.75) is 0 Å². The van der Waals surface area contributed by atoms with E-state index in [9.17, 15) is 9.90 Å². The Hall–Kier alpha value is -3.30. The SMILES string of the molecule is O=C1C(=Cc2ccc(Cl)cc2)C=C(c2ccccc2)N1c1ccc(O)cc1. The van der Waals surface area contributed by atoms with Gasteiger partial charge in [0.2, 0.25) is 0 Å². The second-order valence-electron chi connectivity index (χ2n) is 6.20. The summed E-state index contributed by atoms with van der Waals surface area (Å²) in [6.07, 6.45) is 3.74. The van der Waals surface area contributed by atoms with Crippen LogP contribution >= 0.6 is 11.6 Å². The van der Waals surface area contributed by atoms with E-state index in [1.807, 2.05) is 54.6 Å². The Kier molecular flexibility index (Phi) is 4.53. The van der Waals surface area contributed by atoms with E-state index in [2.05, 4.69) is 0 Å². The van der Waals surface area contributed by atoms with Crippen LogP contribution in [0.25, 0.3) is 11.8 Å². The second-order valence-corrected chi connectivity index (χ2v) is 6.64. The summed E-state index contributed by atoms with van der Waals surface area (Å²) < 4.78 is 0. The number of nitrogens with zero attached hydrogens (tertiary/aromatic N) is 1. The van der Waals surface area contributed by atoms with Crippen molar-refractivity contribution in [2.75, 3.05) is 4.90 Å². The number of phenolic OH excluding ortho intramolecular Hbond substituents is 1. The van der Waals surface area contributed by atoms with Crippen LogP contribution in [0.2, 0.25) is 5.02 Å². The molecule has 0 aliphatic carbocycles. The summed E-state index contributed by atoms with van der Waals surface area (Å²) in [6, 6.07) is 23.7. The molecule has 3 aromatic carbocycles. The average molecular weight is 374 g/mol. The highest BCUT2D eigenvalue weighted by molar-refractivity contribution is 6.30. The molecule has 1 aliphatic rings. The number of amides is 1. The Morgan fingerprint density at radius 2 is 1.52 bits per heavy atom. The molecule has 0 radical (unpaired) electrons. The number of rotatable bonds is 3. The number of benzene rings is 3. The van der Waals surface area contributed by atoms with Crippen molar-refractivity contribution >= 4 is 35.0 Å². The summed E-state index contributed by atoms with van der Waals surface area (Å²) in [5.41, 5.74) is 3.93. The van der Waals surface area contributed by atoms with Gasteiger partial charge in [0, 0.05) is 16.3 Å². The van der Waals surface area contributed by atoms with Gasteiger partial charge in [0.05, 0.1) is 5.70 Å². The van der Waals surface area contributed by atoms with Gasteiger partial charge in [-0.15, -0.1) is 0 Å². The van der Waals surface area contributed by atoms with Crippen LogP contribution in [-0.4, -0.2) is 11.0 Å². The molecular formula is C23H16ClNO2. The van der Waals surface area contributed by atoms with Gasteiger partial charge in [0.15, 0.2) is 0 Å². The van der Waals surface area contributed by atoms with Crippen molar-refractivity contribution in [2.24, 2.45) is 0 Å². The lowest BCUT2D eigenvalue weighted by molar-refractivity contribution is -0.113. The fourth-order valence-corrected chi connectivity index (χ4v) is 3.16. The summed E-state index contributed by atoms with van der Waals surface area (Å²) in [7, 11) is 0. The smallest absolute Gasteiger partial charge is 0.262 e. The molecule has 3 nitrogen and oxygen atoms in total. The fraction of sp³-hybridized carbons (Fsp3) is 0. The summed E-state index contributed by atoms with van der Waals surface area (Å²) in [5.74, 6) is 0.0436. The van der Waals surface area contributed by atoms with Gasteiger partial charge in [-0.1, -0.05) is 54.1 Å². The second kappa shape index (κ2) is 7.14. The van der Waals surface area contributed by atoms with Crippen molar-refractivity contribution in [1.82, 2.24) is 0 Å². The van der Waals surface area contributed by atoms with Gasteiger partial charge >= 0.3 is 0 Å². The third-order valence-electron chi connectivity index (χ3n) is 4.35. The van der Waals surface area contributed by atoms with Crippen molar-refractivity contribution in [3.05, 3.63) is 107 Å². The number of carbonyl (C=O) groups is 1. The van der Waals surface area contributed by atoms with E-state index in [0.29, 0.717) is 16.3 Å². The molecule has 0 unspecified atom stereocenters. The highest BCUT2D eigenvalue weighted by Crippen LogP contribution is 2.35. The predicted octanol–water partition coefficient (Wildman–Crippen LogP) is 5.52. The van der Waals surface area contributed by atoms with Gasteiger partial charge in [-0.05, 0) is 59.7 Å². The van der Waals surface area contributed by atoms with E-state index in [1.165, 1.54) is 0 Å². The van der Waals surface area contributed by atoms with Gasteiger partial charge in [0.25, 0.3) is 5.91 Å². The molecule has 0 atom stereocenters. The van der Waals surface area contributed by atoms with Crippen molar-refractivity contribution in [1.29, 1.82) is 0 Å². The molecule has 4 rings (SSSR count). The number of anilines is 1. The summed E-state index contributed by atoms with van der Waals surface area (Å²) in [5, 5.41) is 10.2. The third kappa shape index (κ3) is 3.50. The van der Waals surface area contributed by atoms with Crippen LogP contribution < -0.4 is 4.90 Å². The van der Waals surface area contributed by atoms with Crippen LogP contribution in [-0.2, 0) is 4.79 Å². The van der Waals surface area contributed by atoms with E-state index in [-0.39, 0.29) is 11.7 Å². The lowest BCUT2D eigenvalue weighted by Crippen LogP contribution is -2.24. The molecule has 0 aromatic heterocycles. The molecule has 1 heterocycles. The third-order valence-corrected chi connectivity index (χ3v) is 4.60. The summed E-state index contributed by atoms with van der Waals surface area (Å²) >= 11 is 5.95. The van der Waals surface area contributed by atoms with Gasteiger partial charge < -0.3 is 5.11 Å². The topological polar surface area (TPSA) is 40.5 Å². The van der Waals surface area contributed by atoms with E-state index >= 15 is 0 Å². The number of phenols is 1. The molecule has 3 aromatic rings. The monoisotopic (exact) mass is 373 g/mol. The molecule has 1 aliphatic heterocycles. The van der Waals surface area contributed by atoms with Crippen LogP contribution in [0, 0.1) is 0 Å². The van der Waals surface area contributed by atoms with E-state index in [0.717, 1.165) is 16.8 Å². The maximum Gasteiger partial charge on any atom is 0.262 e. The maximum absolute atomic E-state index is 13.2. The first-order chi connectivity index (χ1) is 13.1. The van der Waals surface area contributed by atoms with Crippen molar-refractivity contribution in [3.8, 4) is 5.75 Å². The van der Waals surface area contributed by atoms with Gasteiger partial charge in [-0.2, -0.15) is 0 Å². The molecule has 0 fully saturated rings. The molecule has 0 spiro atoms. The zero-order valence-electron chi connectivity index (χ0n) is 14.3. The van der Waals surface area contributed by atoms with Crippen LogP contribution in [0.15, 0.2) is 90.5 Å². The highest BCUT2D eigenvalue weighted by atomic mass is 35.5. The standard InChI is InChI=1S/C23H16ClNO2/c24-19-8-6-16(7-9-19)14-18-15-22(17-4-2-1-3-5-17)25(23(18)27)20-10-12-21(26)13-11-20/h1-15,26H. The molecule has 0 bridgehead atoms. The Morgan fingerprint density at radius 3 is 2.19 bits per heavy atom. The minimum Gasteiger partial charge on any atom is -0.508 e. The van der Waals surface area contributed by atoms with E-state index < -0.39 is 0 Å². The Bertz CT molecular complexity index is 1040. The first-order valence-corrected chi connectivity index (χ1v) is 8.87. The van der Waals surface area contributed by atoms with Crippen molar-refractivity contribution in [3.63, 3.8) is 0 Å². The number of hydrogen-bond acceptors (Lipinski definition) is 2. The first-order valence-electron chi connectivity index (χ1n) is 8.50. The largest absolute Gasteiger partial charge is 0.508 e. The molecule has 132 valence electrons. The lowest BCUT2D eigenvalue weighted by atomic mass is 10.1. The van der Waals surface area contributed by atoms with Gasteiger partial charge in [-0.25, -0.2) is 0 Å². The zero-order chi connectivity index (χ0) is 18.8. The van der Waals surface area contributed by atoms with E-state index in [4.69, 9.17) is 11.6 Å². The number of hydrogen-bond donors (Lipinski definition) is 1. The minimum atomic E-state index is -0.116. The van der Waals surface area contributed by atoms with Crippen LogP contribution in [0.1, 0.15) is 11.1 Å². The predicted molar refractivity (Wildman–Crippen MR) is 109 cm³/mol. The maximum atomic E-state index is 13.2. The summed E-state index contributed by atoms with van der Waals surface area (Å²) in [6.45, 7) is 0. The van der Waals surface area contributed by atoms with E-state index in [1.54, 1.807) is 41.3 Å². The molecule has 27 heavy (non-hydrogen) atoms. The lowest BCUT2D eigenvalue weighted by Gasteiger charge is -2.20. The number of carbonyl (C=O) groups excluding carboxylic acids is 1. The Balaban J connectivity index is 1.80. The normalized spacial score (nSPS) is 15.3. The minimum absolute atomic E-state index is 0.116. The number of halogens is 1. The first kappa shape index (κ1) is 17.1. The Morgan fingerprint density at radius 1 is 0.852 bits per heavy atom. The number of aromatic hydroxyl groups is 1. The average Bonchev–Trinajstić information content (AvgIpc) is 3.01. The van der Waals surface area contributed by atoms with Gasteiger partial charge in [0.1, 0.15) is 5.75 Å². The quantitative estimate of drug-likeness (QED) is 0.614. The molecule has 4 heteroatoms. The highest BCUT2D eigenvalue weighted by Gasteiger charge is 2.30. The molecule has 1 N–H and O–H groups in total. The van der Waals surface area contributed by atoms with Gasteiger partial charge in [-0.3, -0.25) is 9.69 Å². The molecule has 1 amide bonds. The zero-order valence-corrected chi connectivity index (χ0v) is 15.1. The molecular weight excluding hydrogens is 358 g/mol.